The summed E-state index contributed by atoms with van der Waals surface area (Å²) in [6.07, 6.45) is 5.99. The first-order valence-electron chi connectivity index (χ1n) is 9.84. The molecular weight excluding hydrogens is 376 g/mol. The highest BCUT2D eigenvalue weighted by Crippen LogP contribution is 2.49. The predicted octanol–water partition coefficient (Wildman–Crippen LogP) is 2.33. The predicted molar refractivity (Wildman–Crippen MR) is 107 cm³/mol. The van der Waals surface area contributed by atoms with Gasteiger partial charge in [0.05, 0.1) is 12.8 Å². The van der Waals surface area contributed by atoms with Crippen LogP contribution < -0.4 is 15.0 Å². The van der Waals surface area contributed by atoms with Gasteiger partial charge in [-0.15, -0.1) is 0 Å². The van der Waals surface area contributed by atoms with Crippen LogP contribution in [0.15, 0.2) is 30.4 Å². The molecule has 2 saturated heterocycles. The Bertz CT molecular complexity index is 773. The minimum atomic E-state index is -1.26. The molecule has 8 heteroatoms. The third kappa shape index (κ3) is 4.71. The third-order valence-electron chi connectivity index (χ3n) is 5.71. The first-order valence-corrected chi connectivity index (χ1v) is 9.84. The molecule has 3 aliphatic rings. The topological polar surface area (TPSA) is 108 Å². The van der Waals surface area contributed by atoms with Crippen LogP contribution in [0.3, 0.4) is 0 Å². The van der Waals surface area contributed by atoms with Gasteiger partial charge in [0, 0.05) is 36.7 Å². The number of anilines is 1. The zero-order chi connectivity index (χ0) is 21.0. The fraction of sp³-hybridized carbons (Fsp3) is 0.524. The average molecular weight is 404 g/mol. The van der Waals surface area contributed by atoms with Crippen LogP contribution in [0.5, 0.6) is 5.75 Å². The Balaban J connectivity index is 0.000000258. The summed E-state index contributed by atoms with van der Waals surface area (Å²) in [5.41, 5.74) is 2.93. The highest BCUT2D eigenvalue weighted by Gasteiger charge is 2.49. The number of nitrogens with zero attached hydrogens (tertiary/aromatic N) is 1. The Kier molecular flexibility index (Phi) is 6.44. The van der Waals surface area contributed by atoms with Crippen LogP contribution in [0.2, 0.25) is 0 Å². The van der Waals surface area contributed by atoms with Crippen LogP contribution in [-0.4, -0.2) is 54.8 Å². The van der Waals surface area contributed by atoms with Gasteiger partial charge in [0.2, 0.25) is 0 Å². The van der Waals surface area contributed by atoms with Crippen molar-refractivity contribution in [3.63, 3.8) is 0 Å². The Morgan fingerprint density at radius 2 is 2.00 bits per heavy atom. The van der Waals surface area contributed by atoms with Crippen molar-refractivity contribution in [3.8, 4) is 5.75 Å². The van der Waals surface area contributed by atoms with E-state index in [1.54, 1.807) is 0 Å². The van der Waals surface area contributed by atoms with Gasteiger partial charge in [-0.3, -0.25) is 5.32 Å². The lowest BCUT2D eigenvalue weighted by Gasteiger charge is -2.28. The van der Waals surface area contributed by atoms with Gasteiger partial charge in [-0.2, -0.15) is 0 Å². The van der Waals surface area contributed by atoms with Crippen molar-refractivity contribution in [2.45, 2.75) is 50.5 Å². The summed E-state index contributed by atoms with van der Waals surface area (Å²) in [4.78, 5) is 21.5. The Morgan fingerprint density at radius 3 is 2.62 bits per heavy atom. The SMILES string of the molecule is CN1c2ccc(OC3CCCCO3)cc2[C@]2(C)CCNC12.O=C(O)/C=C/C(=O)O. The first kappa shape index (κ1) is 21.1. The second-order valence-electron chi connectivity index (χ2n) is 7.74. The molecule has 1 aromatic carbocycles. The van der Waals surface area contributed by atoms with E-state index >= 15 is 0 Å². The van der Waals surface area contributed by atoms with Crippen molar-refractivity contribution in [1.82, 2.24) is 5.32 Å². The summed E-state index contributed by atoms with van der Waals surface area (Å²) in [7, 11) is 2.18. The number of ether oxygens (including phenoxy) is 2. The molecule has 0 aliphatic carbocycles. The van der Waals surface area contributed by atoms with E-state index < -0.39 is 11.9 Å². The molecule has 4 rings (SSSR count). The average Bonchev–Trinajstić information content (AvgIpc) is 3.17. The maximum Gasteiger partial charge on any atom is 0.328 e. The number of carbonyl (C=O) groups is 2. The van der Waals surface area contributed by atoms with Crippen molar-refractivity contribution >= 4 is 17.6 Å². The standard InChI is InChI=1S/C17H24N2O2.C4H4O4/c1-17-8-9-18-16(17)19(2)14-7-6-12(11-13(14)17)21-15-5-3-4-10-20-15;5-3(6)1-2-4(7)8/h6-7,11,15-16,18H,3-5,8-10H2,1-2H3;1-2H,(H,5,6)(H,7,8)/b;2-1+/t15?,16?,17-;/m0./s1. The number of carboxylic acid groups (broad SMARTS) is 2. The van der Waals surface area contributed by atoms with Gasteiger partial charge in [0.25, 0.3) is 0 Å². The molecule has 3 N–H and O–H groups in total. The second-order valence-corrected chi connectivity index (χ2v) is 7.74. The molecule has 0 spiro atoms. The molecule has 0 saturated carbocycles. The molecule has 8 nitrogen and oxygen atoms in total. The van der Waals surface area contributed by atoms with Gasteiger partial charge in [-0.25, -0.2) is 9.59 Å². The van der Waals surface area contributed by atoms with Crippen molar-refractivity contribution in [1.29, 1.82) is 0 Å². The molecule has 29 heavy (non-hydrogen) atoms. The third-order valence-corrected chi connectivity index (χ3v) is 5.71. The van der Waals surface area contributed by atoms with E-state index in [0.717, 1.165) is 31.7 Å². The van der Waals surface area contributed by atoms with E-state index in [0.29, 0.717) is 18.3 Å². The number of hydrogen-bond acceptors (Lipinski definition) is 6. The van der Waals surface area contributed by atoms with Gasteiger partial charge >= 0.3 is 11.9 Å². The number of fused-ring (bicyclic) bond motifs is 3. The molecule has 0 aromatic heterocycles. The minimum absolute atomic E-state index is 0.0683. The zero-order valence-corrected chi connectivity index (χ0v) is 16.8. The van der Waals surface area contributed by atoms with Gasteiger partial charge in [0.1, 0.15) is 5.75 Å². The largest absolute Gasteiger partial charge is 0.478 e. The molecule has 0 bridgehead atoms. The molecule has 2 unspecified atom stereocenters. The molecule has 158 valence electrons. The molecule has 2 fully saturated rings. The van der Waals surface area contributed by atoms with E-state index in [1.807, 2.05) is 0 Å². The van der Waals surface area contributed by atoms with E-state index in [-0.39, 0.29) is 11.7 Å². The maximum absolute atomic E-state index is 9.55. The zero-order valence-electron chi connectivity index (χ0n) is 16.8. The maximum atomic E-state index is 9.55. The fourth-order valence-corrected chi connectivity index (χ4v) is 4.27. The van der Waals surface area contributed by atoms with Crippen molar-refractivity contribution in [3.05, 3.63) is 35.9 Å². The number of carboxylic acids is 2. The Morgan fingerprint density at radius 1 is 1.28 bits per heavy atom. The number of aliphatic carboxylic acids is 2. The van der Waals surface area contributed by atoms with Crippen LogP contribution >= 0.6 is 0 Å². The number of likely N-dealkylation sites (N-methyl/N-ethyl adjacent to an activating group) is 1. The van der Waals surface area contributed by atoms with E-state index in [4.69, 9.17) is 19.7 Å². The van der Waals surface area contributed by atoms with Crippen LogP contribution in [-0.2, 0) is 19.7 Å². The van der Waals surface area contributed by atoms with Gasteiger partial charge in [0.15, 0.2) is 6.29 Å². The molecule has 0 radical (unpaired) electrons. The quantitative estimate of drug-likeness (QED) is 0.656. The fourth-order valence-electron chi connectivity index (χ4n) is 4.27. The van der Waals surface area contributed by atoms with Crippen LogP contribution in [0, 0.1) is 0 Å². The number of hydrogen-bond donors (Lipinski definition) is 3. The molecule has 3 atom stereocenters. The van der Waals surface area contributed by atoms with E-state index in [9.17, 15) is 9.59 Å². The monoisotopic (exact) mass is 404 g/mol. The van der Waals surface area contributed by atoms with Gasteiger partial charge in [-0.1, -0.05) is 6.92 Å². The number of rotatable bonds is 4. The highest BCUT2D eigenvalue weighted by molar-refractivity contribution is 5.89. The summed E-state index contributed by atoms with van der Waals surface area (Å²) >= 11 is 0. The van der Waals surface area contributed by atoms with E-state index in [1.165, 1.54) is 24.1 Å². The number of nitrogens with one attached hydrogen (secondary N) is 1. The van der Waals surface area contributed by atoms with Crippen molar-refractivity contribution < 1.29 is 29.3 Å². The lowest BCUT2D eigenvalue weighted by molar-refractivity contribution is -0.134. The molecule has 1 aromatic rings. The van der Waals surface area contributed by atoms with Crippen LogP contribution in [0.4, 0.5) is 5.69 Å². The van der Waals surface area contributed by atoms with Crippen molar-refractivity contribution in [2.24, 2.45) is 0 Å². The lowest BCUT2D eigenvalue weighted by atomic mass is 9.81. The Hall–Kier alpha value is -2.58. The first-order chi connectivity index (χ1) is 13.8. The van der Waals surface area contributed by atoms with Crippen LogP contribution in [0.1, 0.15) is 38.2 Å². The van der Waals surface area contributed by atoms with E-state index in [2.05, 4.69) is 42.4 Å². The molecule has 0 amide bonds. The van der Waals surface area contributed by atoms with Gasteiger partial charge < -0.3 is 24.6 Å². The van der Waals surface area contributed by atoms with Crippen molar-refractivity contribution in [2.75, 3.05) is 25.1 Å². The van der Waals surface area contributed by atoms with Crippen LogP contribution in [0.25, 0.3) is 0 Å². The summed E-state index contributed by atoms with van der Waals surface area (Å²) < 4.78 is 11.7. The van der Waals surface area contributed by atoms with Gasteiger partial charge in [-0.05, 0) is 49.6 Å². The second kappa shape index (κ2) is 8.84. The molecule has 3 aliphatic heterocycles. The number of benzene rings is 1. The smallest absolute Gasteiger partial charge is 0.328 e. The Labute approximate surface area is 170 Å². The minimum Gasteiger partial charge on any atom is -0.478 e. The molecule has 3 heterocycles. The molecular formula is C21H28N2O6. The lowest BCUT2D eigenvalue weighted by Crippen LogP contribution is -2.44. The summed E-state index contributed by atoms with van der Waals surface area (Å²) in [5.74, 6) is -1.57. The summed E-state index contributed by atoms with van der Waals surface area (Å²) in [6, 6.07) is 6.51. The normalized spacial score (nSPS) is 27.7. The summed E-state index contributed by atoms with van der Waals surface area (Å²) in [6.45, 7) is 4.27. The summed E-state index contributed by atoms with van der Waals surface area (Å²) in [5, 5.41) is 19.2. The highest BCUT2D eigenvalue weighted by atomic mass is 16.7.